The van der Waals surface area contributed by atoms with Crippen molar-refractivity contribution < 1.29 is 0 Å². The fourth-order valence-corrected chi connectivity index (χ4v) is 3.99. The molecule has 1 fully saturated rings. The summed E-state index contributed by atoms with van der Waals surface area (Å²) in [6.07, 6.45) is 6.80. The lowest BCUT2D eigenvalue weighted by Crippen LogP contribution is -2.15. The number of imidazole rings is 1. The van der Waals surface area contributed by atoms with Crippen LogP contribution < -0.4 is 0 Å². The third-order valence-electron chi connectivity index (χ3n) is 4.73. The zero-order valence-corrected chi connectivity index (χ0v) is 13.5. The molecule has 0 aliphatic heterocycles. The van der Waals surface area contributed by atoms with Crippen molar-refractivity contribution in [3.05, 3.63) is 10.5 Å². The van der Waals surface area contributed by atoms with Crippen LogP contribution in [0.3, 0.4) is 0 Å². The summed E-state index contributed by atoms with van der Waals surface area (Å²) in [6, 6.07) is 0. The van der Waals surface area contributed by atoms with Gasteiger partial charge in [0.05, 0.1) is 5.69 Å². The van der Waals surface area contributed by atoms with E-state index in [0.29, 0.717) is 0 Å². The highest BCUT2D eigenvalue weighted by Gasteiger charge is 2.20. The third-order valence-corrected chi connectivity index (χ3v) is 5.05. The minimum atomic E-state index is 0.833. The molecule has 3 rings (SSSR count). The van der Waals surface area contributed by atoms with Gasteiger partial charge in [-0.05, 0) is 43.8 Å². The van der Waals surface area contributed by atoms with Gasteiger partial charge in [0, 0.05) is 13.6 Å². The summed E-state index contributed by atoms with van der Waals surface area (Å²) in [6.45, 7) is 5.42. The first-order valence-corrected chi connectivity index (χ1v) is 8.09. The molecule has 1 aliphatic carbocycles. The number of nitrogens with zero attached hydrogens (tertiary/aromatic N) is 3. The predicted octanol–water partition coefficient (Wildman–Crippen LogP) is 3.96. The summed E-state index contributed by atoms with van der Waals surface area (Å²) in [4.78, 5) is 3.31. The van der Waals surface area contributed by atoms with Gasteiger partial charge >= 0.3 is 0 Å². The van der Waals surface area contributed by atoms with E-state index in [1.54, 1.807) is 0 Å². The number of nitrogens with one attached hydrogen (secondary N) is 1. The fraction of sp³-hybridized carbons (Fsp3) is 0.733. The van der Waals surface area contributed by atoms with Crippen LogP contribution in [0, 0.1) is 23.5 Å². The molecule has 5 heteroatoms. The molecule has 0 amide bonds. The lowest BCUT2D eigenvalue weighted by atomic mass is 9.81. The van der Waals surface area contributed by atoms with Gasteiger partial charge in [0.15, 0.2) is 10.4 Å². The molecule has 0 bridgehead atoms. The molecule has 20 heavy (non-hydrogen) atoms. The van der Waals surface area contributed by atoms with Crippen molar-refractivity contribution in [3.8, 4) is 0 Å². The minimum Gasteiger partial charge on any atom is -0.328 e. The van der Waals surface area contributed by atoms with Gasteiger partial charge in [-0.3, -0.25) is 4.68 Å². The van der Waals surface area contributed by atoms with E-state index in [9.17, 15) is 0 Å². The lowest BCUT2D eigenvalue weighted by molar-refractivity contribution is 0.261. The van der Waals surface area contributed by atoms with Crippen LogP contribution in [-0.4, -0.2) is 19.3 Å². The maximum Gasteiger partial charge on any atom is 0.179 e. The van der Waals surface area contributed by atoms with Crippen LogP contribution in [-0.2, 0) is 13.6 Å². The molecular formula is C15H24N4S. The number of aromatic nitrogens is 4. The van der Waals surface area contributed by atoms with Crippen LogP contribution >= 0.6 is 12.2 Å². The van der Waals surface area contributed by atoms with Crippen LogP contribution in [0.1, 0.15) is 44.7 Å². The number of fused-ring (bicyclic) bond motifs is 1. The molecule has 2 aromatic heterocycles. The highest BCUT2D eigenvalue weighted by molar-refractivity contribution is 7.71. The summed E-state index contributed by atoms with van der Waals surface area (Å²) in [5, 5.41) is 4.48. The van der Waals surface area contributed by atoms with E-state index in [0.717, 1.165) is 40.0 Å². The van der Waals surface area contributed by atoms with Crippen molar-refractivity contribution in [2.75, 3.05) is 0 Å². The van der Waals surface area contributed by atoms with Crippen molar-refractivity contribution in [3.63, 3.8) is 0 Å². The average molecular weight is 292 g/mol. The maximum atomic E-state index is 5.48. The highest BCUT2D eigenvalue weighted by atomic mass is 32.1. The van der Waals surface area contributed by atoms with Crippen LogP contribution in [0.4, 0.5) is 0 Å². The van der Waals surface area contributed by atoms with E-state index in [1.165, 1.54) is 32.1 Å². The third kappa shape index (κ3) is 2.43. The van der Waals surface area contributed by atoms with Gasteiger partial charge in [-0.1, -0.05) is 26.2 Å². The SMILES string of the molecule is Cc1nn(C)c2c1[nH]c(=S)n2CCC1CCCC(C)C1. The first-order chi connectivity index (χ1) is 9.56. The Hall–Kier alpha value is -1.10. The molecule has 0 spiro atoms. The monoisotopic (exact) mass is 292 g/mol. The van der Waals surface area contributed by atoms with Crippen molar-refractivity contribution >= 4 is 23.4 Å². The van der Waals surface area contributed by atoms with E-state index in [4.69, 9.17) is 12.2 Å². The van der Waals surface area contributed by atoms with E-state index < -0.39 is 0 Å². The Morgan fingerprint density at radius 3 is 2.95 bits per heavy atom. The molecule has 110 valence electrons. The predicted molar refractivity (Wildman–Crippen MR) is 84.4 cm³/mol. The van der Waals surface area contributed by atoms with E-state index in [1.807, 2.05) is 18.7 Å². The lowest BCUT2D eigenvalue weighted by Gasteiger charge is -2.26. The summed E-state index contributed by atoms with van der Waals surface area (Å²) in [7, 11) is 2.00. The Morgan fingerprint density at radius 1 is 1.40 bits per heavy atom. The van der Waals surface area contributed by atoms with Gasteiger partial charge in [-0.25, -0.2) is 0 Å². The summed E-state index contributed by atoms with van der Waals surface area (Å²) < 4.78 is 5.00. The Morgan fingerprint density at radius 2 is 2.20 bits per heavy atom. The Bertz CT molecular complexity index is 663. The van der Waals surface area contributed by atoms with Crippen molar-refractivity contribution in [2.24, 2.45) is 18.9 Å². The van der Waals surface area contributed by atoms with Gasteiger partial charge in [-0.15, -0.1) is 0 Å². The van der Waals surface area contributed by atoms with Gasteiger partial charge in [-0.2, -0.15) is 5.10 Å². The number of H-pyrrole nitrogens is 1. The van der Waals surface area contributed by atoms with Crippen molar-refractivity contribution in [1.82, 2.24) is 19.3 Å². The molecule has 0 aromatic carbocycles. The topological polar surface area (TPSA) is 38.5 Å². The van der Waals surface area contributed by atoms with Crippen molar-refractivity contribution in [1.29, 1.82) is 0 Å². The summed E-state index contributed by atoms with van der Waals surface area (Å²) in [5.74, 6) is 1.76. The molecule has 0 saturated heterocycles. The Balaban J connectivity index is 1.80. The molecule has 2 unspecified atom stereocenters. The van der Waals surface area contributed by atoms with Crippen LogP contribution in [0.2, 0.25) is 0 Å². The molecule has 4 nitrogen and oxygen atoms in total. The number of hydrogen-bond donors (Lipinski definition) is 1. The molecule has 2 aromatic rings. The second-order valence-corrected chi connectivity index (χ2v) is 6.80. The highest BCUT2D eigenvalue weighted by Crippen LogP contribution is 2.31. The van der Waals surface area contributed by atoms with Crippen LogP contribution in [0.5, 0.6) is 0 Å². The van der Waals surface area contributed by atoms with Crippen LogP contribution in [0.25, 0.3) is 11.2 Å². The molecule has 0 radical (unpaired) electrons. The van der Waals surface area contributed by atoms with E-state index in [2.05, 4.69) is 21.6 Å². The number of hydrogen-bond acceptors (Lipinski definition) is 2. The number of aryl methyl sites for hydroxylation is 3. The second-order valence-electron chi connectivity index (χ2n) is 6.42. The number of rotatable bonds is 3. The number of aromatic amines is 1. The molecular weight excluding hydrogens is 268 g/mol. The van der Waals surface area contributed by atoms with Gasteiger partial charge in [0.25, 0.3) is 0 Å². The standard InChI is InChI=1S/C15H24N4S/c1-10-5-4-6-12(9-10)7-8-19-14-13(16-15(19)20)11(2)17-18(14)3/h10,12H,4-9H2,1-3H3,(H,16,20). The molecule has 1 N–H and O–H groups in total. The van der Waals surface area contributed by atoms with Gasteiger partial charge in [0.2, 0.25) is 0 Å². The normalized spacial score (nSPS) is 23.6. The molecule has 2 atom stereocenters. The van der Waals surface area contributed by atoms with E-state index >= 15 is 0 Å². The largest absolute Gasteiger partial charge is 0.328 e. The van der Waals surface area contributed by atoms with Crippen molar-refractivity contribution in [2.45, 2.75) is 52.5 Å². The minimum absolute atomic E-state index is 0.833. The zero-order chi connectivity index (χ0) is 14.3. The Labute approximate surface area is 125 Å². The second kappa shape index (κ2) is 5.35. The zero-order valence-electron chi connectivity index (χ0n) is 12.6. The van der Waals surface area contributed by atoms with E-state index in [-0.39, 0.29) is 0 Å². The quantitative estimate of drug-likeness (QED) is 0.870. The summed E-state index contributed by atoms with van der Waals surface area (Å²) in [5.41, 5.74) is 3.25. The molecule has 2 heterocycles. The maximum absolute atomic E-state index is 5.48. The Kier molecular flexibility index (Phi) is 3.71. The summed E-state index contributed by atoms with van der Waals surface area (Å²) >= 11 is 5.48. The van der Waals surface area contributed by atoms with Crippen LogP contribution in [0.15, 0.2) is 0 Å². The average Bonchev–Trinajstić information content (AvgIpc) is 2.86. The first kappa shape index (κ1) is 13.9. The first-order valence-electron chi connectivity index (χ1n) is 7.68. The fourth-order valence-electron chi connectivity index (χ4n) is 3.71. The van der Waals surface area contributed by atoms with Gasteiger partial charge in [0.1, 0.15) is 5.52 Å². The molecule has 1 saturated carbocycles. The smallest absolute Gasteiger partial charge is 0.179 e. The molecule has 1 aliphatic rings. The van der Waals surface area contributed by atoms with Gasteiger partial charge < -0.3 is 9.55 Å².